The topological polar surface area (TPSA) is 61.0 Å². The van der Waals surface area contributed by atoms with Crippen LogP contribution in [0.15, 0.2) is 10.5 Å². The molecule has 1 unspecified atom stereocenters. The van der Waals surface area contributed by atoms with E-state index in [0.717, 1.165) is 29.6 Å². The maximum Gasteiger partial charge on any atom is 0.160 e. The maximum absolute atomic E-state index is 5.53. The van der Waals surface area contributed by atoms with Gasteiger partial charge in [-0.15, -0.1) is 5.10 Å². The minimum atomic E-state index is 0.101. The molecule has 0 aromatic carbocycles. The van der Waals surface area contributed by atoms with Crippen molar-refractivity contribution in [3.63, 3.8) is 0 Å². The fourth-order valence-electron chi connectivity index (χ4n) is 1.36. The first kappa shape index (κ1) is 8.90. The van der Waals surface area contributed by atoms with E-state index in [-0.39, 0.29) is 6.10 Å². The van der Waals surface area contributed by atoms with Crippen LogP contribution in [-0.4, -0.2) is 16.8 Å². The number of aromatic nitrogens is 2. The van der Waals surface area contributed by atoms with Crippen LogP contribution < -0.4 is 5.73 Å². The highest BCUT2D eigenvalue weighted by Crippen LogP contribution is 2.29. The molecule has 1 fully saturated rings. The minimum absolute atomic E-state index is 0.101. The largest absolute Gasteiger partial charge is 0.381 e. The molecule has 0 radical (unpaired) electrons. The van der Waals surface area contributed by atoms with Gasteiger partial charge in [0.1, 0.15) is 6.10 Å². The van der Waals surface area contributed by atoms with Gasteiger partial charge in [0.2, 0.25) is 0 Å². The van der Waals surface area contributed by atoms with E-state index in [0.29, 0.717) is 5.82 Å². The second-order valence-electron chi connectivity index (χ2n) is 3.00. The molecular weight excluding hydrogens is 234 g/mol. The van der Waals surface area contributed by atoms with Crippen molar-refractivity contribution in [1.29, 1.82) is 0 Å². The second-order valence-corrected chi connectivity index (χ2v) is 3.86. The zero-order chi connectivity index (χ0) is 9.26. The molecule has 0 aliphatic carbocycles. The average Bonchev–Trinajstić information content (AvgIpc) is 2.62. The Morgan fingerprint density at radius 1 is 1.54 bits per heavy atom. The molecule has 0 bridgehead atoms. The number of rotatable bonds is 1. The number of hydrogen-bond donors (Lipinski definition) is 1. The predicted octanol–water partition coefficient (Wildman–Crippen LogP) is 1.67. The van der Waals surface area contributed by atoms with E-state index in [1.807, 2.05) is 6.07 Å². The van der Waals surface area contributed by atoms with Crippen molar-refractivity contribution >= 4 is 21.7 Å². The number of nitrogens with zero attached hydrogens (tertiary/aromatic N) is 2. The molecule has 13 heavy (non-hydrogen) atoms. The van der Waals surface area contributed by atoms with Crippen LogP contribution in [0, 0.1) is 0 Å². The Balaban J connectivity index is 2.25. The van der Waals surface area contributed by atoms with Gasteiger partial charge in [-0.25, -0.2) is 0 Å². The number of nitrogens with two attached hydrogens (primary N) is 1. The highest BCUT2D eigenvalue weighted by Gasteiger charge is 2.19. The SMILES string of the molecule is Nc1nnc(C2CCCO2)cc1Br. The Hall–Kier alpha value is -0.680. The molecule has 2 rings (SSSR count). The highest BCUT2D eigenvalue weighted by molar-refractivity contribution is 9.10. The summed E-state index contributed by atoms with van der Waals surface area (Å²) in [5.74, 6) is 0.418. The van der Waals surface area contributed by atoms with Gasteiger partial charge in [0.25, 0.3) is 0 Å². The van der Waals surface area contributed by atoms with Crippen molar-refractivity contribution in [1.82, 2.24) is 10.2 Å². The van der Waals surface area contributed by atoms with Gasteiger partial charge in [-0.05, 0) is 34.8 Å². The van der Waals surface area contributed by atoms with Gasteiger partial charge >= 0.3 is 0 Å². The summed E-state index contributed by atoms with van der Waals surface area (Å²) < 4.78 is 6.25. The second kappa shape index (κ2) is 3.59. The fourth-order valence-corrected chi connectivity index (χ4v) is 1.67. The van der Waals surface area contributed by atoms with E-state index >= 15 is 0 Å². The van der Waals surface area contributed by atoms with Gasteiger partial charge in [-0.3, -0.25) is 0 Å². The lowest BCUT2D eigenvalue weighted by molar-refractivity contribution is 0.108. The fraction of sp³-hybridized carbons (Fsp3) is 0.500. The first-order chi connectivity index (χ1) is 6.27. The lowest BCUT2D eigenvalue weighted by Crippen LogP contribution is -2.03. The minimum Gasteiger partial charge on any atom is -0.381 e. The highest BCUT2D eigenvalue weighted by atomic mass is 79.9. The lowest BCUT2D eigenvalue weighted by atomic mass is 10.2. The number of nitrogen functional groups attached to an aromatic ring is 1. The summed E-state index contributed by atoms with van der Waals surface area (Å²) >= 11 is 3.31. The van der Waals surface area contributed by atoms with Gasteiger partial charge in [0.05, 0.1) is 10.2 Å². The van der Waals surface area contributed by atoms with Crippen LogP contribution in [0.1, 0.15) is 24.6 Å². The smallest absolute Gasteiger partial charge is 0.160 e. The normalized spacial score (nSPS) is 22.1. The van der Waals surface area contributed by atoms with Gasteiger partial charge in [0.15, 0.2) is 5.82 Å². The molecule has 2 N–H and O–H groups in total. The number of anilines is 1. The number of ether oxygens (including phenoxy) is 1. The maximum atomic E-state index is 5.53. The van der Waals surface area contributed by atoms with Gasteiger partial charge in [-0.2, -0.15) is 5.10 Å². The summed E-state index contributed by atoms with van der Waals surface area (Å²) in [5.41, 5.74) is 6.39. The Labute approximate surface area is 84.6 Å². The molecule has 0 spiro atoms. The van der Waals surface area contributed by atoms with E-state index in [1.54, 1.807) is 0 Å². The van der Waals surface area contributed by atoms with Gasteiger partial charge < -0.3 is 10.5 Å². The molecule has 70 valence electrons. The molecule has 1 saturated heterocycles. The van der Waals surface area contributed by atoms with Crippen molar-refractivity contribution < 1.29 is 4.74 Å². The molecule has 2 heterocycles. The Morgan fingerprint density at radius 3 is 3.00 bits per heavy atom. The van der Waals surface area contributed by atoms with E-state index in [1.165, 1.54) is 0 Å². The van der Waals surface area contributed by atoms with Crippen LogP contribution in [0.25, 0.3) is 0 Å². The van der Waals surface area contributed by atoms with Crippen LogP contribution in [0.3, 0.4) is 0 Å². The number of hydrogen-bond acceptors (Lipinski definition) is 4. The molecule has 0 amide bonds. The lowest BCUT2D eigenvalue weighted by Gasteiger charge is -2.08. The summed E-state index contributed by atoms with van der Waals surface area (Å²) in [6, 6.07) is 1.87. The van der Waals surface area contributed by atoms with Gasteiger partial charge in [-0.1, -0.05) is 0 Å². The Morgan fingerprint density at radius 2 is 2.38 bits per heavy atom. The summed E-state index contributed by atoms with van der Waals surface area (Å²) in [5, 5.41) is 7.82. The van der Waals surface area contributed by atoms with E-state index in [9.17, 15) is 0 Å². The van der Waals surface area contributed by atoms with Crippen molar-refractivity contribution in [2.24, 2.45) is 0 Å². The molecule has 1 atom stereocenters. The van der Waals surface area contributed by atoms with E-state index in [4.69, 9.17) is 10.5 Å². The first-order valence-corrected chi connectivity index (χ1v) is 4.97. The predicted molar refractivity (Wildman–Crippen MR) is 52.1 cm³/mol. The summed E-state index contributed by atoms with van der Waals surface area (Å²) in [7, 11) is 0. The van der Waals surface area contributed by atoms with Crippen LogP contribution >= 0.6 is 15.9 Å². The van der Waals surface area contributed by atoms with Crippen molar-refractivity contribution in [2.75, 3.05) is 12.3 Å². The van der Waals surface area contributed by atoms with E-state index < -0.39 is 0 Å². The van der Waals surface area contributed by atoms with Crippen LogP contribution in [0.2, 0.25) is 0 Å². The average molecular weight is 244 g/mol. The zero-order valence-corrected chi connectivity index (χ0v) is 8.62. The van der Waals surface area contributed by atoms with Crippen molar-refractivity contribution in [2.45, 2.75) is 18.9 Å². The Bertz CT molecular complexity index is 312. The van der Waals surface area contributed by atoms with Gasteiger partial charge in [0, 0.05) is 6.61 Å². The summed E-state index contributed by atoms with van der Waals surface area (Å²) in [4.78, 5) is 0. The van der Waals surface area contributed by atoms with Crippen molar-refractivity contribution in [3.8, 4) is 0 Å². The molecule has 1 aromatic rings. The molecule has 1 aliphatic rings. The third-order valence-corrected chi connectivity index (χ3v) is 2.69. The zero-order valence-electron chi connectivity index (χ0n) is 7.03. The molecule has 5 heteroatoms. The summed E-state index contributed by atoms with van der Waals surface area (Å²) in [6.07, 6.45) is 2.21. The van der Waals surface area contributed by atoms with Crippen molar-refractivity contribution in [3.05, 3.63) is 16.2 Å². The molecule has 1 aliphatic heterocycles. The molecular formula is C8H10BrN3O. The standard InChI is InChI=1S/C8H10BrN3O/c9-5-4-6(11-12-8(5)10)7-2-1-3-13-7/h4,7H,1-3H2,(H2,10,12). The molecule has 4 nitrogen and oxygen atoms in total. The third-order valence-electron chi connectivity index (χ3n) is 2.05. The number of halogens is 1. The van der Waals surface area contributed by atoms with E-state index in [2.05, 4.69) is 26.1 Å². The van der Waals surface area contributed by atoms with Crippen LogP contribution in [0.4, 0.5) is 5.82 Å². The quantitative estimate of drug-likeness (QED) is 0.816. The summed E-state index contributed by atoms with van der Waals surface area (Å²) in [6.45, 7) is 0.814. The molecule has 0 saturated carbocycles. The molecule has 1 aromatic heterocycles. The third kappa shape index (κ3) is 1.81. The van der Waals surface area contributed by atoms with Crippen LogP contribution in [0.5, 0.6) is 0 Å². The Kier molecular flexibility index (Phi) is 2.46. The first-order valence-electron chi connectivity index (χ1n) is 4.17. The monoisotopic (exact) mass is 243 g/mol. The van der Waals surface area contributed by atoms with Crippen LogP contribution in [-0.2, 0) is 4.74 Å².